The Hall–Kier alpha value is 0.810. The molecule has 0 spiro atoms. The molecule has 0 N–H and O–H groups in total. The van der Waals surface area contributed by atoms with E-state index in [1.165, 1.54) is 19.3 Å². The van der Waals surface area contributed by atoms with Gasteiger partial charge in [-0.1, -0.05) is 6.42 Å². The standard InChI is InChI=1S/C7H11Cl2OP/c8-11(9,10)7-4-5-1-2-6(7)3-5/h5-7H,1-4H2/t5-,6+,7+/m0/s1. The molecule has 2 aliphatic rings. The van der Waals surface area contributed by atoms with Crippen molar-refractivity contribution in [3.8, 4) is 0 Å². The lowest BCUT2D eigenvalue weighted by atomic mass is 10.0. The van der Waals surface area contributed by atoms with Crippen molar-refractivity contribution in [2.75, 3.05) is 0 Å². The normalized spacial score (nSPS) is 43.3. The average molecular weight is 213 g/mol. The molecule has 0 amide bonds. The third-order valence-corrected chi connectivity index (χ3v) is 6.00. The molecule has 1 nitrogen and oxygen atoms in total. The number of hydrogen-bond acceptors (Lipinski definition) is 1. The summed E-state index contributed by atoms with van der Waals surface area (Å²) in [6.07, 6.45) is 4.72. The second kappa shape index (κ2) is 2.65. The minimum Gasteiger partial charge on any atom is -0.289 e. The lowest BCUT2D eigenvalue weighted by molar-refractivity contribution is 0.474. The van der Waals surface area contributed by atoms with Gasteiger partial charge in [-0.3, -0.25) is 4.57 Å². The summed E-state index contributed by atoms with van der Waals surface area (Å²) in [6.45, 7) is 0. The van der Waals surface area contributed by atoms with E-state index in [-0.39, 0.29) is 5.66 Å². The van der Waals surface area contributed by atoms with Crippen LogP contribution in [0.1, 0.15) is 25.7 Å². The van der Waals surface area contributed by atoms with E-state index in [1.54, 1.807) is 0 Å². The van der Waals surface area contributed by atoms with Crippen molar-refractivity contribution in [3.05, 3.63) is 0 Å². The highest BCUT2D eigenvalue weighted by Gasteiger charge is 2.47. The molecular weight excluding hydrogens is 202 g/mol. The number of rotatable bonds is 1. The smallest absolute Gasteiger partial charge is 0.256 e. The minimum atomic E-state index is -2.81. The van der Waals surface area contributed by atoms with Gasteiger partial charge < -0.3 is 0 Å². The molecule has 0 heterocycles. The van der Waals surface area contributed by atoms with Crippen LogP contribution in [0.5, 0.6) is 0 Å². The number of fused-ring (bicyclic) bond motifs is 2. The Morgan fingerprint density at radius 2 is 1.91 bits per heavy atom. The highest BCUT2D eigenvalue weighted by Crippen LogP contribution is 2.69. The van der Waals surface area contributed by atoms with Gasteiger partial charge in [-0.25, -0.2) is 0 Å². The van der Waals surface area contributed by atoms with Gasteiger partial charge in [-0.15, -0.1) is 0 Å². The van der Waals surface area contributed by atoms with E-state index in [1.807, 2.05) is 0 Å². The zero-order valence-electron chi connectivity index (χ0n) is 6.17. The number of hydrogen-bond donors (Lipinski definition) is 0. The van der Waals surface area contributed by atoms with E-state index in [0.29, 0.717) is 5.92 Å². The lowest BCUT2D eigenvalue weighted by Gasteiger charge is -2.21. The maximum Gasteiger partial charge on any atom is 0.256 e. The lowest BCUT2D eigenvalue weighted by Crippen LogP contribution is -2.12. The molecule has 0 aromatic carbocycles. The Morgan fingerprint density at radius 3 is 2.18 bits per heavy atom. The van der Waals surface area contributed by atoms with Crippen molar-refractivity contribution in [2.24, 2.45) is 11.8 Å². The molecule has 64 valence electrons. The predicted molar refractivity (Wildman–Crippen MR) is 48.5 cm³/mol. The molecule has 0 aromatic rings. The van der Waals surface area contributed by atoms with E-state index < -0.39 is 5.85 Å². The van der Waals surface area contributed by atoms with E-state index in [4.69, 9.17) is 22.5 Å². The first-order valence-electron chi connectivity index (χ1n) is 4.06. The monoisotopic (exact) mass is 212 g/mol. The Kier molecular flexibility index (Phi) is 2.03. The van der Waals surface area contributed by atoms with Crippen LogP contribution in [0.3, 0.4) is 0 Å². The Balaban J connectivity index is 2.14. The maximum absolute atomic E-state index is 11.3. The number of halogens is 2. The highest BCUT2D eigenvalue weighted by atomic mass is 35.9. The summed E-state index contributed by atoms with van der Waals surface area (Å²) in [6, 6.07) is 0. The van der Waals surface area contributed by atoms with Crippen LogP contribution in [-0.2, 0) is 4.57 Å². The molecule has 0 unspecified atom stereocenters. The molecule has 11 heavy (non-hydrogen) atoms. The first kappa shape index (κ1) is 8.41. The summed E-state index contributed by atoms with van der Waals surface area (Å²) in [5.41, 5.74) is 0.129. The van der Waals surface area contributed by atoms with Crippen molar-refractivity contribution >= 4 is 28.3 Å². The van der Waals surface area contributed by atoms with Gasteiger partial charge in [0.1, 0.15) is 0 Å². The highest BCUT2D eigenvalue weighted by molar-refractivity contribution is 8.09. The summed E-state index contributed by atoms with van der Waals surface area (Å²) in [7, 11) is 0. The fourth-order valence-electron chi connectivity index (χ4n) is 2.58. The molecule has 2 fully saturated rings. The van der Waals surface area contributed by atoms with Gasteiger partial charge in [0.25, 0.3) is 5.85 Å². The summed E-state index contributed by atoms with van der Waals surface area (Å²) in [5.74, 6) is -1.47. The molecule has 0 aromatic heterocycles. The molecule has 4 heteroatoms. The van der Waals surface area contributed by atoms with Crippen molar-refractivity contribution in [3.63, 3.8) is 0 Å². The molecule has 2 rings (SSSR count). The van der Waals surface area contributed by atoms with Crippen LogP contribution in [-0.4, -0.2) is 5.66 Å². The van der Waals surface area contributed by atoms with Crippen molar-refractivity contribution < 1.29 is 4.57 Å². The molecular formula is C7H11Cl2OP. The fraction of sp³-hybridized carbons (Fsp3) is 1.00. The van der Waals surface area contributed by atoms with Gasteiger partial charge >= 0.3 is 0 Å². The third kappa shape index (κ3) is 1.48. The summed E-state index contributed by atoms with van der Waals surface area (Å²) in [5, 5.41) is 0. The Labute approximate surface area is 76.4 Å². The summed E-state index contributed by atoms with van der Waals surface area (Å²) >= 11 is 11.3. The summed E-state index contributed by atoms with van der Waals surface area (Å²) < 4.78 is 11.3. The van der Waals surface area contributed by atoms with Crippen LogP contribution in [0, 0.1) is 11.8 Å². The van der Waals surface area contributed by atoms with Crippen LogP contribution in [0.4, 0.5) is 0 Å². The minimum absolute atomic E-state index is 0.129. The topological polar surface area (TPSA) is 17.1 Å². The molecule has 2 bridgehead atoms. The van der Waals surface area contributed by atoms with Crippen molar-refractivity contribution in [1.82, 2.24) is 0 Å². The first-order valence-corrected chi connectivity index (χ1v) is 7.65. The van der Waals surface area contributed by atoms with E-state index in [0.717, 1.165) is 12.3 Å². The Morgan fingerprint density at radius 1 is 1.18 bits per heavy atom. The maximum atomic E-state index is 11.3. The van der Waals surface area contributed by atoms with E-state index >= 15 is 0 Å². The van der Waals surface area contributed by atoms with Crippen molar-refractivity contribution in [2.45, 2.75) is 31.3 Å². The zero-order chi connectivity index (χ0) is 8.06. The van der Waals surface area contributed by atoms with Gasteiger partial charge in [0, 0.05) is 5.66 Å². The van der Waals surface area contributed by atoms with E-state index in [2.05, 4.69) is 0 Å². The quantitative estimate of drug-likeness (QED) is 0.604. The van der Waals surface area contributed by atoms with Gasteiger partial charge in [0.2, 0.25) is 0 Å². The molecule has 0 aliphatic heterocycles. The SMILES string of the molecule is O=P(Cl)(Cl)[C@@H]1C[C@H]2CC[C@@H]1C2. The van der Waals surface area contributed by atoms with Gasteiger partial charge in [0.15, 0.2) is 0 Å². The molecule has 0 radical (unpaired) electrons. The second-order valence-corrected chi connectivity index (χ2v) is 8.95. The van der Waals surface area contributed by atoms with Crippen LogP contribution >= 0.6 is 28.3 Å². The van der Waals surface area contributed by atoms with Gasteiger partial charge in [-0.2, -0.15) is 0 Å². The van der Waals surface area contributed by atoms with Crippen molar-refractivity contribution in [1.29, 1.82) is 0 Å². The molecule has 2 aliphatic carbocycles. The molecule has 3 atom stereocenters. The van der Waals surface area contributed by atoms with Gasteiger partial charge in [-0.05, 0) is 53.6 Å². The molecule has 0 saturated heterocycles. The largest absolute Gasteiger partial charge is 0.289 e. The third-order valence-electron chi connectivity index (χ3n) is 3.09. The summed E-state index contributed by atoms with van der Waals surface area (Å²) in [4.78, 5) is 0. The van der Waals surface area contributed by atoms with Crippen LogP contribution < -0.4 is 0 Å². The predicted octanol–water partition coefficient (Wildman–Crippen LogP) is 3.85. The van der Waals surface area contributed by atoms with Crippen LogP contribution in [0.15, 0.2) is 0 Å². The first-order chi connectivity index (χ1) is 5.07. The van der Waals surface area contributed by atoms with E-state index in [9.17, 15) is 4.57 Å². The Bertz CT molecular complexity index is 212. The fourth-order valence-corrected chi connectivity index (χ4v) is 5.32. The molecule has 2 saturated carbocycles. The van der Waals surface area contributed by atoms with Gasteiger partial charge in [0.05, 0.1) is 0 Å². The average Bonchev–Trinajstić information content (AvgIpc) is 2.42. The van der Waals surface area contributed by atoms with Crippen LogP contribution in [0.25, 0.3) is 0 Å². The zero-order valence-corrected chi connectivity index (χ0v) is 8.58. The second-order valence-electron chi connectivity index (χ2n) is 3.74. The van der Waals surface area contributed by atoms with Crippen LogP contribution in [0.2, 0.25) is 0 Å².